The van der Waals surface area contributed by atoms with Crippen molar-refractivity contribution in [3.63, 3.8) is 0 Å². The number of carbonyl (C=O) groups excluding carboxylic acids is 1. The number of nitrogens with one attached hydrogen (secondary N) is 1. The van der Waals surface area contributed by atoms with Gasteiger partial charge in [0.05, 0.1) is 6.04 Å². The summed E-state index contributed by atoms with van der Waals surface area (Å²) >= 11 is 0. The smallest absolute Gasteiger partial charge is 0.239 e. The van der Waals surface area contributed by atoms with E-state index in [0.29, 0.717) is 0 Å². The molecule has 1 saturated carbocycles. The topological polar surface area (TPSA) is 32.3 Å². The minimum absolute atomic E-state index is 0.121. The molecule has 1 unspecified atom stereocenters. The van der Waals surface area contributed by atoms with Gasteiger partial charge in [-0.1, -0.05) is 0 Å². The molecule has 0 spiro atoms. The molecule has 0 radical (unpaired) electrons. The van der Waals surface area contributed by atoms with Crippen molar-refractivity contribution in [2.75, 3.05) is 20.1 Å². The maximum Gasteiger partial charge on any atom is 0.239 e. The molecule has 3 heteroatoms. The van der Waals surface area contributed by atoms with Gasteiger partial charge in [0.2, 0.25) is 5.91 Å². The van der Waals surface area contributed by atoms with Gasteiger partial charge in [-0.15, -0.1) is 0 Å². The van der Waals surface area contributed by atoms with Crippen LogP contribution in [0.1, 0.15) is 19.3 Å². The third-order valence-corrected chi connectivity index (χ3v) is 2.78. The van der Waals surface area contributed by atoms with Crippen LogP contribution in [-0.2, 0) is 4.79 Å². The van der Waals surface area contributed by atoms with Gasteiger partial charge >= 0.3 is 0 Å². The highest BCUT2D eigenvalue weighted by molar-refractivity contribution is 5.83. The van der Waals surface area contributed by atoms with Crippen LogP contribution >= 0.6 is 0 Å². The maximum atomic E-state index is 11.4. The lowest BCUT2D eigenvalue weighted by Crippen LogP contribution is -2.37. The van der Waals surface area contributed by atoms with E-state index in [1.54, 1.807) is 0 Å². The molecule has 1 aliphatic carbocycles. The Bertz CT molecular complexity index is 189. The molecule has 1 aliphatic heterocycles. The molecule has 1 saturated heterocycles. The fourth-order valence-electron chi connectivity index (χ4n) is 1.64. The van der Waals surface area contributed by atoms with E-state index in [-0.39, 0.29) is 11.9 Å². The van der Waals surface area contributed by atoms with E-state index in [0.717, 1.165) is 25.4 Å². The zero-order valence-corrected chi connectivity index (χ0v) is 7.55. The summed E-state index contributed by atoms with van der Waals surface area (Å²) in [6, 6.07) is 0.121. The lowest BCUT2D eigenvalue weighted by Gasteiger charge is -2.11. The SMILES string of the molecule is CN1CCC(NCC2CC2)C1=O. The molecule has 68 valence electrons. The van der Waals surface area contributed by atoms with E-state index in [1.807, 2.05) is 11.9 Å². The van der Waals surface area contributed by atoms with Crippen molar-refractivity contribution in [3.05, 3.63) is 0 Å². The van der Waals surface area contributed by atoms with E-state index < -0.39 is 0 Å². The molecular formula is C9H16N2O. The van der Waals surface area contributed by atoms with Crippen molar-refractivity contribution < 1.29 is 4.79 Å². The van der Waals surface area contributed by atoms with Gasteiger partial charge in [-0.25, -0.2) is 0 Å². The van der Waals surface area contributed by atoms with Crippen LogP contribution in [0.2, 0.25) is 0 Å². The number of amides is 1. The monoisotopic (exact) mass is 168 g/mol. The second-order valence-corrected chi connectivity index (χ2v) is 3.95. The highest BCUT2D eigenvalue weighted by atomic mass is 16.2. The standard InChI is InChI=1S/C9H16N2O/c1-11-5-4-8(9(11)12)10-6-7-2-3-7/h7-8,10H,2-6H2,1H3. The van der Waals surface area contributed by atoms with Gasteiger partial charge < -0.3 is 10.2 Å². The Morgan fingerprint density at radius 2 is 2.25 bits per heavy atom. The molecule has 0 bridgehead atoms. The number of rotatable bonds is 3. The largest absolute Gasteiger partial charge is 0.344 e. The first-order valence-corrected chi connectivity index (χ1v) is 4.76. The van der Waals surface area contributed by atoms with Gasteiger partial charge in [0, 0.05) is 13.6 Å². The van der Waals surface area contributed by atoms with Crippen LogP contribution in [0.3, 0.4) is 0 Å². The first-order valence-electron chi connectivity index (χ1n) is 4.76. The molecule has 12 heavy (non-hydrogen) atoms. The summed E-state index contributed by atoms with van der Waals surface area (Å²) in [7, 11) is 1.88. The molecule has 2 fully saturated rings. The van der Waals surface area contributed by atoms with E-state index in [4.69, 9.17) is 0 Å². The van der Waals surface area contributed by atoms with Crippen LogP contribution in [0.5, 0.6) is 0 Å². The lowest BCUT2D eigenvalue weighted by molar-refractivity contribution is -0.128. The minimum atomic E-state index is 0.121. The quantitative estimate of drug-likeness (QED) is 0.653. The number of hydrogen-bond acceptors (Lipinski definition) is 2. The van der Waals surface area contributed by atoms with E-state index in [2.05, 4.69) is 5.32 Å². The summed E-state index contributed by atoms with van der Waals surface area (Å²) in [5, 5.41) is 3.33. The van der Waals surface area contributed by atoms with Crippen LogP contribution in [0.4, 0.5) is 0 Å². The molecule has 1 amide bonds. The fourth-order valence-corrected chi connectivity index (χ4v) is 1.64. The molecule has 0 aromatic heterocycles. The average Bonchev–Trinajstić information content (AvgIpc) is 2.82. The Morgan fingerprint density at radius 1 is 1.50 bits per heavy atom. The first-order chi connectivity index (χ1) is 5.77. The molecule has 1 N–H and O–H groups in total. The number of likely N-dealkylation sites (N-methyl/N-ethyl adjacent to an activating group) is 1. The fraction of sp³-hybridized carbons (Fsp3) is 0.889. The lowest BCUT2D eigenvalue weighted by atomic mass is 10.2. The molecule has 3 nitrogen and oxygen atoms in total. The summed E-state index contributed by atoms with van der Waals surface area (Å²) in [6.45, 7) is 1.96. The summed E-state index contributed by atoms with van der Waals surface area (Å²) in [5.74, 6) is 1.14. The molecule has 0 aromatic carbocycles. The van der Waals surface area contributed by atoms with E-state index in [9.17, 15) is 4.79 Å². The van der Waals surface area contributed by atoms with Crippen molar-refractivity contribution in [2.24, 2.45) is 5.92 Å². The van der Waals surface area contributed by atoms with Crippen LogP contribution in [-0.4, -0.2) is 37.0 Å². The van der Waals surface area contributed by atoms with Gasteiger partial charge in [0.25, 0.3) is 0 Å². The highest BCUT2D eigenvalue weighted by Crippen LogP contribution is 2.28. The van der Waals surface area contributed by atoms with E-state index in [1.165, 1.54) is 12.8 Å². The molecular weight excluding hydrogens is 152 g/mol. The second kappa shape index (κ2) is 3.05. The Morgan fingerprint density at radius 3 is 2.75 bits per heavy atom. The van der Waals surface area contributed by atoms with Gasteiger partial charge in [0.15, 0.2) is 0 Å². The van der Waals surface area contributed by atoms with Crippen molar-refractivity contribution in [1.82, 2.24) is 10.2 Å². The second-order valence-electron chi connectivity index (χ2n) is 3.95. The van der Waals surface area contributed by atoms with Crippen molar-refractivity contribution in [2.45, 2.75) is 25.3 Å². The molecule has 0 aromatic rings. The predicted molar refractivity (Wildman–Crippen MR) is 46.8 cm³/mol. The summed E-state index contributed by atoms with van der Waals surface area (Å²) < 4.78 is 0. The summed E-state index contributed by atoms with van der Waals surface area (Å²) in [6.07, 6.45) is 3.69. The number of nitrogens with zero attached hydrogens (tertiary/aromatic N) is 1. The zero-order valence-electron chi connectivity index (χ0n) is 7.55. The Balaban J connectivity index is 1.76. The van der Waals surface area contributed by atoms with Gasteiger partial charge in [-0.05, 0) is 31.7 Å². The highest BCUT2D eigenvalue weighted by Gasteiger charge is 2.30. The number of likely N-dealkylation sites (tertiary alicyclic amines) is 1. The Hall–Kier alpha value is -0.570. The number of hydrogen-bond donors (Lipinski definition) is 1. The van der Waals surface area contributed by atoms with Crippen LogP contribution in [0.15, 0.2) is 0 Å². The van der Waals surface area contributed by atoms with Crippen LogP contribution in [0.25, 0.3) is 0 Å². The first kappa shape index (κ1) is 8.05. The zero-order chi connectivity index (χ0) is 8.55. The third-order valence-electron chi connectivity index (χ3n) is 2.78. The average molecular weight is 168 g/mol. The molecule has 2 rings (SSSR count). The van der Waals surface area contributed by atoms with Crippen molar-refractivity contribution in [3.8, 4) is 0 Å². The third kappa shape index (κ3) is 1.61. The van der Waals surface area contributed by atoms with Crippen molar-refractivity contribution in [1.29, 1.82) is 0 Å². The summed E-state index contributed by atoms with van der Waals surface area (Å²) in [4.78, 5) is 13.2. The molecule has 1 heterocycles. The number of carbonyl (C=O) groups is 1. The normalized spacial score (nSPS) is 29.9. The maximum absolute atomic E-state index is 11.4. The predicted octanol–water partition coefficient (Wildman–Crippen LogP) is 0.217. The van der Waals surface area contributed by atoms with Crippen LogP contribution < -0.4 is 5.32 Å². The van der Waals surface area contributed by atoms with E-state index >= 15 is 0 Å². The Kier molecular flexibility index (Phi) is 2.05. The minimum Gasteiger partial charge on any atom is -0.344 e. The Labute approximate surface area is 73.1 Å². The van der Waals surface area contributed by atoms with Gasteiger partial charge in [-0.2, -0.15) is 0 Å². The van der Waals surface area contributed by atoms with Gasteiger partial charge in [-0.3, -0.25) is 4.79 Å². The molecule has 2 aliphatic rings. The van der Waals surface area contributed by atoms with Crippen LogP contribution in [0, 0.1) is 5.92 Å². The molecule has 1 atom stereocenters. The van der Waals surface area contributed by atoms with Gasteiger partial charge in [0.1, 0.15) is 0 Å². The van der Waals surface area contributed by atoms with Crippen molar-refractivity contribution >= 4 is 5.91 Å². The summed E-state index contributed by atoms with van der Waals surface area (Å²) in [5.41, 5.74) is 0.